The molecule has 2 aromatic carbocycles. The first-order valence-corrected chi connectivity index (χ1v) is 11.0. The minimum Gasteiger partial charge on any atom is -0.392 e. The molecule has 0 spiro atoms. The first-order valence-electron chi connectivity index (χ1n) is 9.44. The monoisotopic (exact) mass is 520 g/mol. The SMILES string of the molecule is CC(=O)c1ccc(-c2cnccn2)c(Cl)c1Cl.OCc1ccc(-c2cnccn2)c(Cl)c1Cl. The predicted octanol–water partition coefficient (Wildman–Crippen LogP) is 6.60. The number of carbonyl (C=O) groups excluding carboxylic acids is 1. The summed E-state index contributed by atoms with van der Waals surface area (Å²) in [6.07, 6.45) is 9.50. The lowest BCUT2D eigenvalue weighted by Gasteiger charge is -2.07. The number of Topliss-reactive ketones (excluding diaryl/α,β-unsaturated/α-hetero) is 1. The van der Waals surface area contributed by atoms with Crippen molar-refractivity contribution in [1.29, 1.82) is 0 Å². The smallest absolute Gasteiger partial charge is 0.161 e. The Morgan fingerprint density at radius 3 is 1.73 bits per heavy atom. The Morgan fingerprint density at radius 2 is 1.27 bits per heavy atom. The highest BCUT2D eigenvalue weighted by Crippen LogP contribution is 2.35. The van der Waals surface area contributed by atoms with Crippen LogP contribution in [0.3, 0.4) is 0 Å². The number of aliphatic hydroxyl groups excluding tert-OH is 1. The average Bonchev–Trinajstić information content (AvgIpc) is 2.84. The Balaban J connectivity index is 0.000000186. The van der Waals surface area contributed by atoms with E-state index in [1.807, 2.05) is 0 Å². The van der Waals surface area contributed by atoms with Crippen molar-refractivity contribution in [2.75, 3.05) is 0 Å². The number of aliphatic hydroxyl groups is 1. The molecule has 33 heavy (non-hydrogen) atoms. The van der Waals surface area contributed by atoms with Gasteiger partial charge in [0, 0.05) is 41.5 Å². The zero-order chi connectivity index (χ0) is 24.0. The van der Waals surface area contributed by atoms with Gasteiger partial charge in [-0.25, -0.2) is 0 Å². The zero-order valence-electron chi connectivity index (χ0n) is 17.1. The number of nitrogens with zero attached hydrogens (tertiary/aromatic N) is 4. The second-order valence-electron chi connectivity index (χ2n) is 6.58. The van der Waals surface area contributed by atoms with Crippen molar-refractivity contribution in [3.05, 3.63) is 92.7 Å². The first kappa shape index (κ1) is 25.0. The number of ketones is 1. The highest BCUT2D eigenvalue weighted by Gasteiger charge is 2.15. The predicted molar refractivity (Wildman–Crippen MR) is 131 cm³/mol. The van der Waals surface area contributed by atoms with Gasteiger partial charge in [-0.05, 0) is 18.6 Å². The molecular weight excluding hydrogens is 506 g/mol. The van der Waals surface area contributed by atoms with Gasteiger partial charge in [0.2, 0.25) is 0 Å². The van der Waals surface area contributed by atoms with Crippen molar-refractivity contribution < 1.29 is 9.90 Å². The molecule has 1 N–H and O–H groups in total. The summed E-state index contributed by atoms with van der Waals surface area (Å²) in [6.45, 7) is 1.30. The molecule has 6 nitrogen and oxygen atoms in total. The van der Waals surface area contributed by atoms with Gasteiger partial charge in [-0.3, -0.25) is 24.7 Å². The number of rotatable bonds is 4. The van der Waals surface area contributed by atoms with Gasteiger partial charge in [0.05, 0.1) is 50.5 Å². The van der Waals surface area contributed by atoms with Crippen LogP contribution in [0.4, 0.5) is 0 Å². The molecule has 0 atom stereocenters. The number of benzene rings is 2. The lowest BCUT2D eigenvalue weighted by molar-refractivity contribution is 0.101. The summed E-state index contributed by atoms with van der Waals surface area (Å²) >= 11 is 24.3. The van der Waals surface area contributed by atoms with Gasteiger partial charge in [0.15, 0.2) is 5.78 Å². The van der Waals surface area contributed by atoms with Crippen molar-refractivity contribution in [3.8, 4) is 22.5 Å². The van der Waals surface area contributed by atoms with Crippen LogP contribution in [-0.2, 0) is 6.61 Å². The van der Waals surface area contributed by atoms with E-state index in [0.29, 0.717) is 48.7 Å². The normalized spacial score (nSPS) is 10.4. The third-order valence-electron chi connectivity index (χ3n) is 4.47. The fourth-order valence-corrected chi connectivity index (χ4v) is 3.87. The standard InChI is InChI=1S/C12H8Cl2N2O.C11H8Cl2N2O/c1-7(17)8-2-3-9(12(14)11(8)13)10-6-15-4-5-16-10;12-10-7(6-16)1-2-8(11(10)13)9-5-14-3-4-15-9/h2-6H,1H3;1-5,16H,6H2. The highest BCUT2D eigenvalue weighted by atomic mass is 35.5. The van der Waals surface area contributed by atoms with E-state index in [4.69, 9.17) is 51.5 Å². The zero-order valence-corrected chi connectivity index (χ0v) is 20.2. The molecule has 0 unspecified atom stereocenters. The number of halogens is 4. The lowest BCUT2D eigenvalue weighted by Crippen LogP contribution is -1.95. The number of hydrogen-bond donors (Lipinski definition) is 1. The van der Waals surface area contributed by atoms with Crippen LogP contribution in [-0.4, -0.2) is 30.8 Å². The van der Waals surface area contributed by atoms with Crippen LogP contribution in [0.25, 0.3) is 22.5 Å². The molecule has 0 aliphatic rings. The van der Waals surface area contributed by atoms with Crippen molar-refractivity contribution in [1.82, 2.24) is 19.9 Å². The first-order chi connectivity index (χ1) is 15.8. The third kappa shape index (κ3) is 5.85. The summed E-state index contributed by atoms with van der Waals surface area (Å²) in [4.78, 5) is 27.5. The molecule has 0 saturated carbocycles. The molecular formula is C23H16Cl4N4O2. The van der Waals surface area contributed by atoms with Gasteiger partial charge in [0.25, 0.3) is 0 Å². The molecule has 0 aliphatic heterocycles. The van der Waals surface area contributed by atoms with Crippen LogP contribution in [0.15, 0.2) is 61.4 Å². The summed E-state index contributed by atoms with van der Waals surface area (Å²) < 4.78 is 0. The summed E-state index contributed by atoms with van der Waals surface area (Å²) in [6, 6.07) is 6.84. The van der Waals surface area contributed by atoms with E-state index in [0.717, 1.165) is 0 Å². The van der Waals surface area contributed by atoms with Crippen molar-refractivity contribution in [3.63, 3.8) is 0 Å². The van der Waals surface area contributed by atoms with Gasteiger partial charge in [-0.15, -0.1) is 0 Å². The second kappa shape index (κ2) is 11.5. The molecule has 0 aliphatic carbocycles. The summed E-state index contributed by atoms with van der Waals surface area (Å²) in [5.41, 5.74) is 3.64. The van der Waals surface area contributed by atoms with Crippen molar-refractivity contribution >= 4 is 52.2 Å². The van der Waals surface area contributed by atoms with Crippen LogP contribution in [0, 0.1) is 0 Å². The quantitative estimate of drug-likeness (QED) is 0.304. The van der Waals surface area contributed by atoms with Crippen LogP contribution in [0.2, 0.25) is 20.1 Å². The largest absolute Gasteiger partial charge is 0.392 e. The maximum atomic E-state index is 11.3. The van der Waals surface area contributed by atoms with E-state index in [-0.39, 0.29) is 17.4 Å². The molecule has 4 rings (SSSR count). The van der Waals surface area contributed by atoms with Crippen LogP contribution < -0.4 is 0 Å². The fourth-order valence-electron chi connectivity index (χ4n) is 2.80. The van der Waals surface area contributed by atoms with E-state index in [1.165, 1.54) is 6.92 Å². The fraction of sp³-hybridized carbons (Fsp3) is 0.0870. The van der Waals surface area contributed by atoms with Crippen molar-refractivity contribution in [2.24, 2.45) is 0 Å². The topological polar surface area (TPSA) is 88.9 Å². The summed E-state index contributed by atoms with van der Waals surface area (Å²) in [5.74, 6) is -0.123. The Bertz CT molecular complexity index is 1270. The molecule has 10 heteroatoms. The molecule has 0 saturated heterocycles. The average molecular weight is 522 g/mol. The Morgan fingerprint density at radius 1 is 0.758 bits per heavy atom. The van der Waals surface area contributed by atoms with Crippen molar-refractivity contribution in [2.45, 2.75) is 13.5 Å². The van der Waals surface area contributed by atoms with Crippen LogP contribution in [0.1, 0.15) is 22.8 Å². The minimum absolute atomic E-state index is 0.123. The van der Waals surface area contributed by atoms with E-state index in [9.17, 15) is 4.79 Å². The van der Waals surface area contributed by atoms with Gasteiger partial charge in [-0.1, -0.05) is 64.6 Å². The maximum absolute atomic E-state index is 11.3. The van der Waals surface area contributed by atoms with Gasteiger partial charge >= 0.3 is 0 Å². The third-order valence-corrected chi connectivity index (χ3v) is 6.28. The Hall–Kier alpha value is -2.61. The van der Waals surface area contributed by atoms with E-state index in [1.54, 1.807) is 61.4 Å². The minimum atomic E-state index is -0.140. The van der Waals surface area contributed by atoms with E-state index in [2.05, 4.69) is 19.9 Å². The number of aromatic nitrogens is 4. The molecule has 0 radical (unpaired) electrons. The highest BCUT2D eigenvalue weighted by molar-refractivity contribution is 6.45. The van der Waals surface area contributed by atoms with Crippen LogP contribution in [0.5, 0.6) is 0 Å². The Kier molecular flexibility index (Phi) is 8.72. The van der Waals surface area contributed by atoms with Crippen LogP contribution >= 0.6 is 46.4 Å². The molecule has 2 aromatic heterocycles. The second-order valence-corrected chi connectivity index (χ2v) is 8.10. The van der Waals surface area contributed by atoms with E-state index >= 15 is 0 Å². The number of carbonyl (C=O) groups is 1. The van der Waals surface area contributed by atoms with Gasteiger partial charge < -0.3 is 5.11 Å². The molecule has 4 aromatic rings. The molecule has 2 heterocycles. The summed E-state index contributed by atoms with van der Waals surface area (Å²) in [7, 11) is 0. The molecule has 168 valence electrons. The Labute approximate surface area is 210 Å². The lowest BCUT2D eigenvalue weighted by atomic mass is 10.1. The molecule has 0 amide bonds. The van der Waals surface area contributed by atoms with Gasteiger partial charge in [-0.2, -0.15) is 0 Å². The number of hydrogen-bond acceptors (Lipinski definition) is 6. The summed E-state index contributed by atoms with van der Waals surface area (Å²) in [5, 5.41) is 10.3. The van der Waals surface area contributed by atoms with Gasteiger partial charge in [0.1, 0.15) is 0 Å². The molecule has 0 bridgehead atoms. The van der Waals surface area contributed by atoms with E-state index < -0.39 is 0 Å². The molecule has 0 fully saturated rings. The maximum Gasteiger partial charge on any atom is 0.161 e.